The molecule has 0 aromatic carbocycles. The fourth-order valence-corrected chi connectivity index (χ4v) is 9.90. The normalized spacial score (nSPS) is 20.5. The molecule has 0 bridgehead atoms. The van der Waals surface area contributed by atoms with E-state index in [0.717, 1.165) is 19.5 Å². The number of rotatable bonds is 5. The molecule has 0 saturated carbocycles. The number of nitrogens with zero attached hydrogens (tertiary/aromatic N) is 1. The molecule has 2 N–H and O–H groups in total. The number of pyridine rings is 1. The molecule has 1 unspecified atom stereocenters. The number of nitrogens with one attached hydrogen (secondary N) is 2. The van der Waals surface area contributed by atoms with E-state index < -0.39 is 8.07 Å². The first-order valence-corrected chi connectivity index (χ1v) is 12.5. The fourth-order valence-electron chi connectivity index (χ4n) is 4.58. The highest BCUT2D eigenvalue weighted by Gasteiger charge is 2.41. The summed E-state index contributed by atoms with van der Waals surface area (Å²) in [5, 5.41) is 6.55. The lowest BCUT2D eigenvalue weighted by molar-refractivity contribution is 0.0922. The van der Waals surface area contributed by atoms with Crippen molar-refractivity contribution < 1.29 is 4.79 Å². The Balaban J connectivity index is 2.08. The first-order chi connectivity index (χ1) is 12.8. The maximum Gasteiger partial charge on any atom is 0.270 e. The van der Waals surface area contributed by atoms with Crippen molar-refractivity contribution >= 4 is 14.0 Å². The topological polar surface area (TPSA) is 54.0 Å². The van der Waals surface area contributed by atoms with E-state index >= 15 is 0 Å². The van der Waals surface area contributed by atoms with Gasteiger partial charge in [-0.25, -0.2) is 0 Å². The van der Waals surface area contributed by atoms with E-state index in [1.807, 2.05) is 12.1 Å². The summed E-state index contributed by atoms with van der Waals surface area (Å²) in [5.74, 6) is 3.81. The number of hydrogen-bond acceptors (Lipinski definition) is 3. The molecule has 2 rings (SSSR count). The summed E-state index contributed by atoms with van der Waals surface area (Å²) in [6.45, 7) is 15.8. The predicted molar refractivity (Wildman–Crippen MR) is 115 cm³/mol. The molecular formula is C22H35N3OSi. The van der Waals surface area contributed by atoms with Crippen molar-refractivity contribution in [3.8, 4) is 11.5 Å². The molecule has 0 spiro atoms. The van der Waals surface area contributed by atoms with Gasteiger partial charge in [0, 0.05) is 31.2 Å². The van der Waals surface area contributed by atoms with Crippen LogP contribution in [-0.4, -0.2) is 38.1 Å². The lowest BCUT2D eigenvalue weighted by atomic mass is 9.96. The Morgan fingerprint density at radius 1 is 1.15 bits per heavy atom. The summed E-state index contributed by atoms with van der Waals surface area (Å²) in [6, 6.07) is 5.50. The highest BCUT2D eigenvalue weighted by Crippen LogP contribution is 2.40. The Bertz CT molecular complexity index is 654. The maximum absolute atomic E-state index is 12.4. The van der Waals surface area contributed by atoms with Crippen LogP contribution >= 0.6 is 0 Å². The van der Waals surface area contributed by atoms with Gasteiger partial charge in [-0.2, -0.15) is 0 Å². The van der Waals surface area contributed by atoms with Gasteiger partial charge in [0.05, 0.1) is 0 Å². The second-order valence-corrected chi connectivity index (χ2v) is 14.2. The van der Waals surface area contributed by atoms with E-state index in [0.29, 0.717) is 22.3 Å². The van der Waals surface area contributed by atoms with Gasteiger partial charge in [-0.1, -0.05) is 47.6 Å². The second-order valence-electron chi connectivity index (χ2n) is 8.64. The third kappa shape index (κ3) is 5.21. The minimum atomic E-state index is -1.70. The van der Waals surface area contributed by atoms with E-state index in [9.17, 15) is 4.79 Å². The maximum atomic E-state index is 12.4. The van der Waals surface area contributed by atoms with Gasteiger partial charge in [0.15, 0.2) is 0 Å². The van der Waals surface area contributed by atoms with Crippen LogP contribution in [0, 0.1) is 17.4 Å². The molecule has 148 valence electrons. The van der Waals surface area contributed by atoms with E-state index in [1.54, 1.807) is 12.3 Å². The summed E-state index contributed by atoms with van der Waals surface area (Å²) >= 11 is 0. The zero-order chi connectivity index (χ0) is 20.0. The average molecular weight is 386 g/mol. The van der Waals surface area contributed by atoms with Crippen LogP contribution in [0.4, 0.5) is 0 Å². The van der Waals surface area contributed by atoms with Crippen LogP contribution in [0.2, 0.25) is 16.6 Å². The van der Waals surface area contributed by atoms with Crippen LogP contribution in [0.3, 0.4) is 0 Å². The van der Waals surface area contributed by atoms with Crippen LogP contribution in [0.5, 0.6) is 0 Å². The summed E-state index contributed by atoms with van der Waals surface area (Å²) in [6.07, 6.45) is 2.55. The van der Waals surface area contributed by atoms with Gasteiger partial charge in [-0.05, 0) is 35.2 Å². The molecule has 0 aliphatic carbocycles. The zero-order valence-electron chi connectivity index (χ0n) is 17.7. The van der Waals surface area contributed by atoms with Gasteiger partial charge >= 0.3 is 0 Å². The van der Waals surface area contributed by atoms with Crippen molar-refractivity contribution in [1.29, 1.82) is 0 Å². The molecule has 1 aliphatic heterocycles. The lowest BCUT2D eigenvalue weighted by Crippen LogP contribution is -2.49. The van der Waals surface area contributed by atoms with Gasteiger partial charge in [-0.15, -0.1) is 11.5 Å². The Labute approximate surface area is 165 Å². The number of carbonyl (C=O) groups excluding carboxylic acids is 1. The molecule has 1 aliphatic rings. The van der Waals surface area contributed by atoms with Crippen molar-refractivity contribution in [3.05, 3.63) is 30.1 Å². The summed E-state index contributed by atoms with van der Waals surface area (Å²) in [7, 11) is -1.70. The van der Waals surface area contributed by atoms with Gasteiger partial charge in [0.2, 0.25) is 0 Å². The third-order valence-corrected chi connectivity index (χ3v) is 12.3. The Hall–Kier alpha value is -1.64. The van der Waals surface area contributed by atoms with Crippen LogP contribution in [0.25, 0.3) is 0 Å². The molecule has 2 heterocycles. The fraction of sp³-hybridized carbons (Fsp3) is 0.636. The number of carbonyl (C=O) groups is 1. The van der Waals surface area contributed by atoms with Crippen LogP contribution in [0.1, 0.15) is 58.5 Å². The molecule has 1 aromatic rings. The average Bonchev–Trinajstić information content (AvgIpc) is 2.62. The minimum Gasteiger partial charge on any atom is -0.347 e. The molecule has 1 aromatic heterocycles. The first kappa shape index (κ1) is 21.7. The van der Waals surface area contributed by atoms with Crippen molar-refractivity contribution in [1.82, 2.24) is 15.6 Å². The minimum absolute atomic E-state index is 0.0979. The monoisotopic (exact) mass is 385 g/mol. The van der Waals surface area contributed by atoms with Crippen LogP contribution in [0.15, 0.2) is 24.4 Å². The predicted octanol–water partition coefficient (Wildman–Crippen LogP) is 4.01. The van der Waals surface area contributed by atoms with E-state index in [1.165, 1.54) is 0 Å². The van der Waals surface area contributed by atoms with Gasteiger partial charge in [0.25, 0.3) is 5.91 Å². The molecular weight excluding hydrogens is 350 g/mol. The first-order valence-electron chi connectivity index (χ1n) is 10.2. The molecule has 1 fully saturated rings. The largest absolute Gasteiger partial charge is 0.347 e. The van der Waals surface area contributed by atoms with Gasteiger partial charge < -0.3 is 10.6 Å². The Kier molecular flexibility index (Phi) is 7.64. The molecule has 0 radical (unpaired) electrons. The molecule has 1 amide bonds. The van der Waals surface area contributed by atoms with Crippen molar-refractivity contribution in [2.75, 3.05) is 13.1 Å². The summed E-state index contributed by atoms with van der Waals surface area (Å²) in [4.78, 5) is 16.5. The summed E-state index contributed by atoms with van der Waals surface area (Å²) in [5.41, 5.74) is 6.22. The number of amides is 1. The highest BCUT2D eigenvalue weighted by atomic mass is 28.3. The van der Waals surface area contributed by atoms with Crippen LogP contribution in [-0.2, 0) is 0 Å². The van der Waals surface area contributed by atoms with Crippen molar-refractivity contribution in [2.24, 2.45) is 5.92 Å². The lowest BCUT2D eigenvalue weighted by Gasteiger charge is -2.38. The highest BCUT2D eigenvalue weighted by molar-refractivity contribution is 6.90. The quantitative estimate of drug-likeness (QED) is 0.595. The van der Waals surface area contributed by atoms with E-state index in [4.69, 9.17) is 0 Å². The molecule has 4 nitrogen and oxygen atoms in total. The number of hydrogen-bond donors (Lipinski definition) is 2. The zero-order valence-corrected chi connectivity index (χ0v) is 18.7. The van der Waals surface area contributed by atoms with Crippen LogP contribution < -0.4 is 10.6 Å². The van der Waals surface area contributed by atoms with Gasteiger partial charge in [0.1, 0.15) is 13.8 Å². The van der Waals surface area contributed by atoms with Crippen molar-refractivity contribution in [3.63, 3.8) is 0 Å². The Morgan fingerprint density at radius 3 is 2.37 bits per heavy atom. The molecule has 5 heteroatoms. The SMILES string of the molecule is CC(C)[Si](C#CC1CNC[C@@H](NC(=O)c2ccccn2)C1)(C(C)C)C(C)C. The number of aromatic nitrogens is 1. The summed E-state index contributed by atoms with van der Waals surface area (Å²) < 4.78 is 0. The van der Waals surface area contributed by atoms with E-state index in [-0.39, 0.29) is 17.9 Å². The van der Waals surface area contributed by atoms with Crippen molar-refractivity contribution in [2.45, 2.75) is 70.6 Å². The smallest absolute Gasteiger partial charge is 0.270 e. The molecule has 2 atom stereocenters. The molecule has 1 saturated heterocycles. The molecule has 27 heavy (non-hydrogen) atoms. The third-order valence-electron chi connectivity index (χ3n) is 5.94. The number of piperidine rings is 1. The van der Waals surface area contributed by atoms with Gasteiger partial charge in [-0.3, -0.25) is 9.78 Å². The second kappa shape index (κ2) is 9.52. The standard InChI is InChI=1S/C22H35N3OSi/c1-16(2)27(17(3)4,18(5)6)12-10-19-13-20(15-23-14-19)25-22(26)21-9-7-8-11-24-21/h7-9,11,16-20,23H,13-15H2,1-6H3,(H,25,26)/t19?,20-/m0/s1. The van der Waals surface area contributed by atoms with E-state index in [2.05, 4.69) is 68.6 Å². The Morgan fingerprint density at radius 2 is 1.81 bits per heavy atom.